The molecule has 9 heavy (non-hydrogen) atoms. The molecule has 1 atom stereocenters. The van der Waals surface area contributed by atoms with E-state index in [1.807, 2.05) is 6.92 Å². The number of methoxy groups -OCH3 is 1. The molecule has 3 heteroatoms. The maximum atomic E-state index is 10.6. The van der Waals surface area contributed by atoms with Crippen LogP contribution >= 0.6 is 0 Å². The standard InChI is InChI=1S/C6H13NO2/c1-4-7-5(2)6(8)9-3/h5,7H,4H2,1-3H3/t5-/m1/s1. The van der Waals surface area contributed by atoms with Crippen LogP contribution in [-0.2, 0) is 9.53 Å². The highest BCUT2D eigenvalue weighted by Crippen LogP contribution is 1.83. The number of rotatable bonds is 3. The summed E-state index contributed by atoms with van der Waals surface area (Å²) in [5.74, 6) is -0.211. The van der Waals surface area contributed by atoms with Gasteiger partial charge in [0.05, 0.1) is 7.11 Å². The monoisotopic (exact) mass is 131 g/mol. The Morgan fingerprint density at radius 3 is 2.67 bits per heavy atom. The van der Waals surface area contributed by atoms with Gasteiger partial charge in [-0.15, -0.1) is 0 Å². The Labute approximate surface area is 55.4 Å². The second kappa shape index (κ2) is 4.32. The van der Waals surface area contributed by atoms with Crippen LogP contribution in [0.2, 0.25) is 0 Å². The molecule has 1 N–H and O–H groups in total. The lowest BCUT2D eigenvalue weighted by molar-refractivity contribution is -0.142. The van der Waals surface area contributed by atoms with E-state index in [-0.39, 0.29) is 12.0 Å². The molecular weight excluding hydrogens is 118 g/mol. The molecule has 0 rings (SSSR count). The number of ether oxygens (including phenoxy) is 1. The molecule has 54 valence electrons. The minimum Gasteiger partial charge on any atom is -0.468 e. The van der Waals surface area contributed by atoms with Gasteiger partial charge in [0.15, 0.2) is 0 Å². The van der Waals surface area contributed by atoms with Crippen LogP contribution in [0.15, 0.2) is 0 Å². The third-order valence-corrected chi connectivity index (χ3v) is 1.07. The highest BCUT2D eigenvalue weighted by atomic mass is 16.5. The molecule has 0 amide bonds. The molecule has 0 aromatic rings. The van der Waals surface area contributed by atoms with Gasteiger partial charge in [0.2, 0.25) is 0 Å². The van der Waals surface area contributed by atoms with E-state index in [0.29, 0.717) is 0 Å². The van der Waals surface area contributed by atoms with Crippen molar-refractivity contribution in [3.05, 3.63) is 0 Å². The minimum absolute atomic E-state index is 0.181. The average Bonchev–Trinajstić information content (AvgIpc) is 1.87. The molecule has 0 saturated heterocycles. The molecule has 0 aliphatic rings. The van der Waals surface area contributed by atoms with E-state index in [1.54, 1.807) is 6.92 Å². The lowest BCUT2D eigenvalue weighted by atomic mass is 10.3. The zero-order chi connectivity index (χ0) is 7.28. The zero-order valence-corrected chi connectivity index (χ0v) is 6.10. The smallest absolute Gasteiger partial charge is 0.322 e. The van der Waals surface area contributed by atoms with Gasteiger partial charge in [-0.1, -0.05) is 6.92 Å². The van der Waals surface area contributed by atoms with Crippen LogP contribution in [0.1, 0.15) is 13.8 Å². The molecule has 0 aliphatic carbocycles. The number of carbonyl (C=O) groups excluding carboxylic acids is 1. The molecule has 0 aromatic carbocycles. The third-order valence-electron chi connectivity index (χ3n) is 1.07. The van der Waals surface area contributed by atoms with Gasteiger partial charge in [-0.05, 0) is 13.5 Å². The maximum absolute atomic E-state index is 10.6. The van der Waals surface area contributed by atoms with Crippen molar-refractivity contribution < 1.29 is 9.53 Å². The number of esters is 1. The Morgan fingerprint density at radius 1 is 1.78 bits per heavy atom. The molecule has 0 unspecified atom stereocenters. The fourth-order valence-electron chi connectivity index (χ4n) is 0.566. The maximum Gasteiger partial charge on any atom is 0.322 e. The summed E-state index contributed by atoms with van der Waals surface area (Å²) < 4.78 is 4.46. The SMILES string of the molecule is CCN[C@H](C)C(=O)OC. The van der Waals surface area contributed by atoms with Crippen molar-refractivity contribution in [3.63, 3.8) is 0 Å². The fraction of sp³-hybridized carbons (Fsp3) is 0.833. The Hall–Kier alpha value is -0.570. The summed E-state index contributed by atoms with van der Waals surface area (Å²) >= 11 is 0. The average molecular weight is 131 g/mol. The summed E-state index contributed by atoms with van der Waals surface area (Å²) in [4.78, 5) is 10.6. The highest BCUT2D eigenvalue weighted by molar-refractivity contribution is 5.74. The van der Waals surface area contributed by atoms with E-state index in [0.717, 1.165) is 6.54 Å². The van der Waals surface area contributed by atoms with Crippen LogP contribution in [0.5, 0.6) is 0 Å². The summed E-state index contributed by atoms with van der Waals surface area (Å²) in [5.41, 5.74) is 0. The van der Waals surface area contributed by atoms with Crippen LogP contribution in [0, 0.1) is 0 Å². The molecule has 0 aromatic heterocycles. The van der Waals surface area contributed by atoms with Crippen molar-refractivity contribution >= 4 is 5.97 Å². The highest BCUT2D eigenvalue weighted by Gasteiger charge is 2.09. The van der Waals surface area contributed by atoms with Crippen molar-refractivity contribution in [1.82, 2.24) is 5.32 Å². The topological polar surface area (TPSA) is 38.3 Å². The Balaban J connectivity index is 3.45. The van der Waals surface area contributed by atoms with Crippen LogP contribution in [-0.4, -0.2) is 25.7 Å². The van der Waals surface area contributed by atoms with Gasteiger partial charge in [-0.25, -0.2) is 0 Å². The molecule has 0 aliphatic heterocycles. The molecule has 0 saturated carbocycles. The summed E-state index contributed by atoms with van der Waals surface area (Å²) in [6.07, 6.45) is 0. The summed E-state index contributed by atoms with van der Waals surface area (Å²) in [7, 11) is 1.39. The van der Waals surface area contributed by atoms with Crippen molar-refractivity contribution in [3.8, 4) is 0 Å². The van der Waals surface area contributed by atoms with Crippen LogP contribution in [0.3, 0.4) is 0 Å². The normalized spacial score (nSPS) is 12.8. The number of hydrogen-bond acceptors (Lipinski definition) is 3. The summed E-state index contributed by atoms with van der Waals surface area (Å²) in [5, 5.41) is 2.92. The lowest BCUT2D eigenvalue weighted by Crippen LogP contribution is -2.34. The minimum atomic E-state index is -0.211. The molecular formula is C6H13NO2. The van der Waals surface area contributed by atoms with Gasteiger partial charge in [0.1, 0.15) is 6.04 Å². The predicted molar refractivity (Wildman–Crippen MR) is 35.2 cm³/mol. The van der Waals surface area contributed by atoms with Gasteiger partial charge in [-0.3, -0.25) is 4.79 Å². The summed E-state index contributed by atoms with van der Waals surface area (Å²) in [6.45, 7) is 4.50. The fourth-order valence-corrected chi connectivity index (χ4v) is 0.566. The van der Waals surface area contributed by atoms with Crippen molar-refractivity contribution in [1.29, 1.82) is 0 Å². The van der Waals surface area contributed by atoms with Crippen LogP contribution in [0.4, 0.5) is 0 Å². The van der Waals surface area contributed by atoms with Gasteiger partial charge in [0.25, 0.3) is 0 Å². The molecule has 0 fully saturated rings. The summed E-state index contributed by atoms with van der Waals surface area (Å²) in [6, 6.07) is -0.181. The van der Waals surface area contributed by atoms with E-state index in [4.69, 9.17) is 0 Å². The van der Waals surface area contributed by atoms with E-state index in [9.17, 15) is 4.79 Å². The zero-order valence-electron chi connectivity index (χ0n) is 6.10. The molecule has 0 spiro atoms. The van der Waals surface area contributed by atoms with E-state index in [2.05, 4.69) is 10.1 Å². The molecule has 3 nitrogen and oxygen atoms in total. The Morgan fingerprint density at radius 2 is 2.33 bits per heavy atom. The van der Waals surface area contributed by atoms with Crippen LogP contribution in [0.25, 0.3) is 0 Å². The van der Waals surface area contributed by atoms with Crippen molar-refractivity contribution in [2.24, 2.45) is 0 Å². The first-order chi connectivity index (χ1) is 4.22. The van der Waals surface area contributed by atoms with Crippen molar-refractivity contribution in [2.75, 3.05) is 13.7 Å². The largest absolute Gasteiger partial charge is 0.468 e. The second-order valence-corrected chi connectivity index (χ2v) is 1.80. The first-order valence-corrected chi connectivity index (χ1v) is 3.03. The number of nitrogens with one attached hydrogen (secondary N) is 1. The Kier molecular flexibility index (Phi) is 4.05. The first kappa shape index (κ1) is 8.43. The third kappa shape index (κ3) is 3.08. The second-order valence-electron chi connectivity index (χ2n) is 1.80. The Bertz CT molecular complexity index is 93.1. The van der Waals surface area contributed by atoms with Crippen molar-refractivity contribution in [2.45, 2.75) is 19.9 Å². The van der Waals surface area contributed by atoms with Gasteiger partial charge >= 0.3 is 5.97 Å². The van der Waals surface area contributed by atoms with Crippen LogP contribution < -0.4 is 5.32 Å². The molecule has 0 bridgehead atoms. The van der Waals surface area contributed by atoms with Gasteiger partial charge in [0, 0.05) is 0 Å². The lowest BCUT2D eigenvalue weighted by Gasteiger charge is -2.07. The first-order valence-electron chi connectivity index (χ1n) is 3.03. The predicted octanol–water partition coefficient (Wildman–Crippen LogP) is 0.157. The number of carbonyl (C=O) groups is 1. The van der Waals surface area contributed by atoms with E-state index < -0.39 is 0 Å². The molecule has 0 heterocycles. The number of hydrogen-bond donors (Lipinski definition) is 1. The number of likely N-dealkylation sites (N-methyl/N-ethyl adjacent to an activating group) is 1. The quantitative estimate of drug-likeness (QED) is 0.554. The van der Waals surface area contributed by atoms with Gasteiger partial charge in [-0.2, -0.15) is 0 Å². The van der Waals surface area contributed by atoms with E-state index in [1.165, 1.54) is 7.11 Å². The van der Waals surface area contributed by atoms with Gasteiger partial charge < -0.3 is 10.1 Å². The van der Waals surface area contributed by atoms with E-state index >= 15 is 0 Å². The molecule has 0 radical (unpaired) electrons.